The van der Waals surface area contributed by atoms with Gasteiger partial charge in [0.1, 0.15) is 11.0 Å². The van der Waals surface area contributed by atoms with E-state index in [2.05, 4.69) is 10.4 Å². The van der Waals surface area contributed by atoms with Gasteiger partial charge in [-0.2, -0.15) is 5.10 Å². The molecule has 27 heavy (non-hydrogen) atoms. The number of hydrogen-bond acceptors (Lipinski definition) is 4. The van der Waals surface area contributed by atoms with Crippen LogP contribution in [-0.4, -0.2) is 41.2 Å². The second-order valence-corrected chi connectivity index (χ2v) is 9.45. The first-order chi connectivity index (χ1) is 12.6. The van der Waals surface area contributed by atoms with E-state index < -0.39 is 21.3 Å². The Hall–Kier alpha value is -2.19. The van der Waals surface area contributed by atoms with Crippen LogP contribution in [0.1, 0.15) is 24.6 Å². The maximum Gasteiger partial charge on any atom is 0.244 e. The molecule has 2 aromatic rings. The SMILES string of the molecule is Cc1nn(-c2ccc(F)cc2)c(Cl)c1/C=C/C(=O)NC1(C)CCS(=O)(=O)C1. The number of aromatic nitrogens is 2. The van der Waals surface area contributed by atoms with Crippen LogP contribution < -0.4 is 5.32 Å². The van der Waals surface area contributed by atoms with Gasteiger partial charge in [0.05, 0.1) is 28.4 Å². The molecule has 0 radical (unpaired) electrons. The minimum Gasteiger partial charge on any atom is -0.346 e. The molecule has 6 nitrogen and oxygen atoms in total. The molecule has 0 spiro atoms. The van der Waals surface area contributed by atoms with Crippen molar-refractivity contribution in [1.29, 1.82) is 0 Å². The molecule has 1 aliphatic rings. The minimum absolute atomic E-state index is 0.0676. The molecular weight excluding hydrogens is 393 g/mol. The summed E-state index contributed by atoms with van der Waals surface area (Å²) in [6, 6.07) is 5.72. The number of benzene rings is 1. The van der Waals surface area contributed by atoms with Gasteiger partial charge in [-0.05, 0) is 50.6 Å². The van der Waals surface area contributed by atoms with Crippen molar-refractivity contribution in [2.24, 2.45) is 0 Å². The number of nitrogens with zero attached hydrogens (tertiary/aromatic N) is 2. The van der Waals surface area contributed by atoms with Gasteiger partial charge in [-0.1, -0.05) is 11.6 Å². The molecule has 3 rings (SSSR count). The van der Waals surface area contributed by atoms with Crippen molar-refractivity contribution >= 4 is 33.4 Å². The van der Waals surface area contributed by atoms with Crippen molar-refractivity contribution in [2.45, 2.75) is 25.8 Å². The van der Waals surface area contributed by atoms with E-state index in [1.165, 1.54) is 29.0 Å². The van der Waals surface area contributed by atoms with Gasteiger partial charge in [0.25, 0.3) is 0 Å². The second-order valence-electron chi connectivity index (χ2n) is 6.90. The Bertz CT molecular complexity index is 1020. The lowest BCUT2D eigenvalue weighted by molar-refractivity contribution is -0.117. The Morgan fingerprint density at radius 3 is 2.63 bits per heavy atom. The predicted molar refractivity (Wildman–Crippen MR) is 102 cm³/mol. The van der Waals surface area contributed by atoms with E-state index in [1.807, 2.05) is 0 Å². The highest BCUT2D eigenvalue weighted by molar-refractivity contribution is 7.91. The molecule has 9 heteroatoms. The summed E-state index contributed by atoms with van der Waals surface area (Å²) in [5.41, 5.74) is 0.984. The summed E-state index contributed by atoms with van der Waals surface area (Å²) < 4.78 is 37.8. The Balaban J connectivity index is 1.77. The predicted octanol–water partition coefficient (Wildman–Crippen LogP) is 2.68. The summed E-state index contributed by atoms with van der Waals surface area (Å²) in [6.07, 6.45) is 3.23. The zero-order chi connectivity index (χ0) is 19.8. The van der Waals surface area contributed by atoms with Gasteiger partial charge in [-0.25, -0.2) is 17.5 Å². The Labute approximate surface area is 161 Å². The lowest BCUT2D eigenvalue weighted by Crippen LogP contribution is -2.46. The average molecular weight is 412 g/mol. The van der Waals surface area contributed by atoms with Gasteiger partial charge < -0.3 is 5.32 Å². The largest absolute Gasteiger partial charge is 0.346 e. The number of halogens is 2. The lowest BCUT2D eigenvalue weighted by atomic mass is 10.0. The van der Waals surface area contributed by atoms with Crippen molar-refractivity contribution in [3.63, 3.8) is 0 Å². The number of carbonyl (C=O) groups is 1. The third kappa shape index (κ3) is 4.39. The fourth-order valence-electron chi connectivity index (χ4n) is 3.06. The highest BCUT2D eigenvalue weighted by Crippen LogP contribution is 2.25. The molecule has 1 fully saturated rings. The van der Waals surface area contributed by atoms with Gasteiger partial charge in [-0.3, -0.25) is 4.79 Å². The summed E-state index contributed by atoms with van der Waals surface area (Å²) in [7, 11) is -3.11. The molecule has 144 valence electrons. The van der Waals surface area contributed by atoms with Crippen molar-refractivity contribution < 1.29 is 17.6 Å². The van der Waals surface area contributed by atoms with Gasteiger partial charge in [0, 0.05) is 11.6 Å². The van der Waals surface area contributed by atoms with E-state index >= 15 is 0 Å². The van der Waals surface area contributed by atoms with E-state index in [0.29, 0.717) is 23.4 Å². The zero-order valence-electron chi connectivity index (χ0n) is 14.9. The first kappa shape index (κ1) is 19.6. The molecule has 0 bridgehead atoms. The molecule has 1 aliphatic heterocycles. The third-order valence-electron chi connectivity index (χ3n) is 4.45. The van der Waals surface area contributed by atoms with Crippen LogP contribution in [0.4, 0.5) is 4.39 Å². The highest BCUT2D eigenvalue weighted by Gasteiger charge is 2.39. The van der Waals surface area contributed by atoms with E-state index in [0.717, 1.165) is 0 Å². The molecule has 0 aliphatic carbocycles. The third-order valence-corrected chi connectivity index (χ3v) is 6.72. The fourth-order valence-corrected chi connectivity index (χ4v) is 5.49. The molecule has 0 saturated carbocycles. The van der Waals surface area contributed by atoms with Crippen LogP contribution in [-0.2, 0) is 14.6 Å². The van der Waals surface area contributed by atoms with Crippen LogP contribution in [0, 0.1) is 12.7 Å². The lowest BCUT2D eigenvalue weighted by Gasteiger charge is -2.22. The summed E-state index contributed by atoms with van der Waals surface area (Å²) in [5.74, 6) is -0.761. The fraction of sp³-hybridized carbons (Fsp3) is 0.333. The van der Waals surface area contributed by atoms with Gasteiger partial charge in [0.2, 0.25) is 5.91 Å². The van der Waals surface area contributed by atoms with E-state index in [4.69, 9.17) is 11.6 Å². The maximum atomic E-state index is 13.1. The van der Waals surface area contributed by atoms with Gasteiger partial charge in [0.15, 0.2) is 9.84 Å². The molecule has 1 aromatic heterocycles. The summed E-state index contributed by atoms with van der Waals surface area (Å²) >= 11 is 6.37. The standard InChI is InChI=1S/C18H19ClFN3O3S/c1-12-15(17(19)23(22-12)14-5-3-13(20)4-6-14)7-8-16(24)21-18(2)9-10-27(25,26)11-18/h3-8H,9-11H2,1-2H3,(H,21,24)/b8-7+. The van der Waals surface area contributed by atoms with E-state index in [1.54, 1.807) is 26.0 Å². The number of hydrogen-bond donors (Lipinski definition) is 1. The van der Waals surface area contributed by atoms with Crippen LogP contribution in [0.2, 0.25) is 5.15 Å². The zero-order valence-corrected chi connectivity index (χ0v) is 16.4. The van der Waals surface area contributed by atoms with Crippen LogP contribution in [0.15, 0.2) is 30.3 Å². The van der Waals surface area contributed by atoms with E-state index in [-0.39, 0.29) is 22.5 Å². The monoisotopic (exact) mass is 411 g/mol. The van der Waals surface area contributed by atoms with Crippen molar-refractivity contribution in [3.8, 4) is 5.69 Å². The number of aryl methyl sites for hydroxylation is 1. The second kappa shape index (κ2) is 7.09. The topological polar surface area (TPSA) is 81.1 Å². The molecular formula is C18H19ClFN3O3S. The number of nitrogens with one attached hydrogen (secondary N) is 1. The van der Waals surface area contributed by atoms with Crippen molar-refractivity contribution in [1.82, 2.24) is 15.1 Å². The highest BCUT2D eigenvalue weighted by atomic mass is 35.5. The molecule has 1 atom stereocenters. The average Bonchev–Trinajstić information content (AvgIpc) is 3.01. The van der Waals surface area contributed by atoms with Crippen LogP contribution in [0.3, 0.4) is 0 Å². The van der Waals surface area contributed by atoms with E-state index in [9.17, 15) is 17.6 Å². The first-order valence-corrected chi connectivity index (χ1v) is 10.5. The van der Waals surface area contributed by atoms with Gasteiger partial charge >= 0.3 is 0 Å². The quantitative estimate of drug-likeness (QED) is 0.784. The molecule has 1 aromatic carbocycles. The Morgan fingerprint density at radius 2 is 2.04 bits per heavy atom. The number of rotatable bonds is 4. The Kier molecular flexibility index (Phi) is 5.14. The minimum atomic E-state index is -3.11. The Morgan fingerprint density at radius 1 is 1.37 bits per heavy atom. The van der Waals surface area contributed by atoms with Crippen LogP contribution in [0.25, 0.3) is 11.8 Å². The number of carbonyl (C=O) groups excluding carboxylic acids is 1. The molecule has 1 saturated heterocycles. The normalized spacial score (nSPS) is 21.6. The summed E-state index contributed by atoms with van der Waals surface area (Å²) in [6.45, 7) is 3.46. The van der Waals surface area contributed by atoms with Crippen molar-refractivity contribution in [2.75, 3.05) is 11.5 Å². The smallest absolute Gasteiger partial charge is 0.244 e. The summed E-state index contributed by atoms with van der Waals surface area (Å²) in [5, 5.41) is 7.36. The maximum absolute atomic E-state index is 13.1. The van der Waals surface area contributed by atoms with Crippen LogP contribution in [0.5, 0.6) is 0 Å². The van der Waals surface area contributed by atoms with Crippen molar-refractivity contribution in [3.05, 3.63) is 52.6 Å². The number of sulfone groups is 1. The first-order valence-electron chi connectivity index (χ1n) is 8.30. The van der Waals surface area contributed by atoms with Crippen LogP contribution >= 0.6 is 11.6 Å². The number of amides is 1. The summed E-state index contributed by atoms with van der Waals surface area (Å²) in [4.78, 5) is 12.2. The molecule has 1 unspecified atom stereocenters. The molecule has 1 N–H and O–H groups in total. The molecule has 1 amide bonds. The molecule has 2 heterocycles. The van der Waals surface area contributed by atoms with Gasteiger partial charge in [-0.15, -0.1) is 0 Å².